The van der Waals surface area contributed by atoms with Gasteiger partial charge in [0.25, 0.3) is 5.91 Å². The van der Waals surface area contributed by atoms with Crippen LogP contribution in [0.15, 0.2) is 42.5 Å². The van der Waals surface area contributed by atoms with E-state index in [1.807, 2.05) is 32.0 Å². The minimum Gasteiger partial charge on any atom is -0.322 e. The van der Waals surface area contributed by atoms with Crippen molar-refractivity contribution in [2.45, 2.75) is 19.6 Å². The third-order valence-electron chi connectivity index (χ3n) is 3.25. The fourth-order valence-corrected chi connectivity index (χ4v) is 3.04. The molecule has 0 aliphatic carbocycles. The van der Waals surface area contributed by atoms with Gasteiger partial charge in [-0.1, -0.05) is 29.8 Å². The average Bonchev–Trinajstić information content (AvgIpc) is 2.40. The molecule has 2 rings (SSSR count). The Morgan fingerprint density at radius 2 is 1.82 bits per heavy atom. The zero-order chi connectivity index (χ0) is 16.3. The van der Waals surface area contributed by atoms with Crippen molar-refractivity contribution in [2.24, 2.45) is 0 Å². The van der Waals surface area contributed by atoms with Crippen molar-refractivity contribution in [3.63, 3.8) is 0 Å². The highest BCUT2D eigenvalue weighted by Gasteiger charge is 2.10. The highest BCUT2D eigenvalue weighted by atomic mass is 32.2. The van der Waals surface area contributed by atoms with Crippen LogP contribution in [0.2, 0.25) is 0 Å². The van der Waals surface area contributed by atoms with Gasteiger partial charge in [0, 0.05) is 17.5 Å². The SMILES string of the molecule is Cc1ccc(NC(=O)c2cccc(CS(C)(=O)=O)c2)c(C)c1. The second kappa shape index (κ2) is 6.32. The van der Waals surface area contributed by atoms with Gasteiger partial charge in [0.1, 0.15) is 0 Å². The van der Waals surface area contributed by atoms with E-state index in [2.05, 4.69) is 5.32 Å². The Balaban J connectivity index is 2.21. The molecule has 0 spiro atoms. The quantitative estimate of drug-likeness (QED) is 0.942. The van der Waals surface area contributed by atoms with E-state index in [9.17, 15) is 13.2 Å². The molecule has 0 saturated heterocycles. The van der Waals surface area contributed by atoms with Gasteiger partial charge in [-0.3, -0.25) is 4.79 Å². The van der Waals surface area contributed by atoms with Crippen LogP contribution in [0.3, 0.4) is 0 Å². The summed E-state index contributed by atoms with van der Waals surface area (Å²) in [6.07, 6.45) is 1.18. The molecule has 0 aliphatic rings. The Kier molecular flexibility index (Phi) is 4.66. The van der Waals surface area contributed by atoms with Crippen molar-refractivity contribution < 1.29 is 13.2 Å². The summed E-state index contributed by atoms with van der Waals surface area (Å²) < 4.78 is 22.7. The summed E-state index contributed by atoms with van der Waals surface area (Å²) in [5.74, 6) is -0.320. The number of rotatable bonds is 4. The predicted molar refractivity (Wildman–Crippen MR) is 88.9 cm³/mol. The summed E-state index contributed by atoms with van der Waals surface area (Å²) in [5.41, 5.74) is 3.92. The molecule has 116 valence electrons. The van der Waals surface area contributed by atoms with E-state index in [-0.39, 0.29) is 11.7 Å². The van der Waals surface area contributed by atoms with E-state index in [4.69, 9.17) is 0 Å². The Labute approximate surface area is 131 Å². The van der Waals surface area contributed by atoms with Gasteiger partial charge in [-0.25, -0.2) is 8.42 Å². The molecule has 0 atom stereocenters. The number of sulfone groups is 1. The largest absolute Gasteiger partial charge is 0.322 e. The molecular formula is C17H19NO3S. The van der Waals surface area contributed by atoms with Crippen molar-refractivity contribution in [2.75, 3.05) is 11.6 Å². The van der Waals surface area contributed by atoms with E-state index in [1.54, 1.807) is 24.3 Å². The van der Waals surface area contributed by atoms with Crippen LogP contribution in [0.1, 0.15) is 27.0 Å². The number of carbonyl (C=O) groups is 1. The van der Waals surface area contributed by atoms with Crippen LogP contribution < -0.4 is 5.32 Å². The highest BCUT2D eigenvalue weighted by Crippen LogP contribution is 2.17. The minimum absolute atomic E-state index is 0.0717. The first-order valence-corrected chi connectivity index (χ1v) is 8.96. The van der Waals surface area contributed by atoms with Crippen molar-refractivity contribution >= 4 is 21.4 Å². The van der Waals surface area contributed by atoms with E-state index in [0.717, 1.165) is 16.8 Å². The highest BCUT2D eigenvalue weighted by molar-refractivity contribution is 7.89. The average molecular weight is 317 g/mol. The van der Waals surface area contributed by atoms with Crippen LogP contribution in [-0.4, -0.2) is 20.6 Å². The van der Waals surface area contributed by atoms with Gasteiger partial charge in [-0.05, 0) is 43.2 Å². The summed E-state index contributed by atoms with van der Waals surface area (Å²) in [7, 11) is -3.12. The molecule has 4 nitrogen and oxygen atoms in total. The maximum absolute atomic E-state index is 12.3. The topological polar surface area (TPSA) is 63.2 Å². The lowest BCUT2D eigenvalue weighted by Crippen LogP contribution is -2.13. The van der Waals surface area contributed by atoms with Gasteiger partial charge < -0.3 is 5.32 Å². The number of aryl methyl sites for hydroxylation is 2. The summed E-state index contributed by atoms with van der Waals surface area (Å²) in [4.78, 5) is 12.3. The number of benzene rings is 2. The Morgan fingerprint density at radius 3 is 2.45 bits per heavy atom. The fourth-order valence-electron chi connectivity index (χ4n) is 2.25. The van der Waals surface area contributed by atoms with Gasteiger partial charge in [0.2, 0.25) is 0 Å². The summed E-state index contributed by atoms with van der Waals surface area (Å²) in [6.45, 7) is 3.93. The normalized spacial score (nSPS) is 11.2. The lowest BCUT2D eigenvalue weighted by molar-refractivity contribution is 0.102. The number of amides is 1. The molecule has 1 amide bonds. The van der Waals surface area contributed by atoms with E-state index in [1.165, 1.54) is 6.26 Å². The zero-order valence-corrected chi connectivity index (χ0v) is 13.7. The second-order valence-corrected chi connectivity index (χ2v) is 7.68. The molecule has 1 N–H and O–H groups in total. The zero-order valence-electron chi connectivity index (χ0n) is 12.9. The number of hydrogen-bond acceptors (Lipinski definition) is 3. The first-order valence-electron chi connectivity index (χ1n) is 6.90. The van der Waals surface area contributed by atoms with Crippen LogP contribution in [-0.2, 0) is 15.6 Å². The third kappa shape index (κ3) is 4.43. The fraction of sp³-hybridized carbons (Fsp3) is 0.235. The molecular weight excluding hydrogens is 298 g/mol. The van der Waals surface area contributed by atoms with Crippen LogP contribution >= 0.6 is 0 Å². The Morgan fingerprint density at radius 1 is 1.09 bits per heavy atom. The van der Waals surface area contributed by atoms with Crippen LogP contribution in [0.4, 0.5) is 5.69 Å². The van der Waals surface area contributed by atoms with Gasteiger partial charge in [-0.2, -0.15) is 0 Å². The van der Waals surface area contributed by atoms with Gasteiger partial charge in [0.05, 0.1) is 5.75 Å². The van der Waals surface area contributed by atoms with Crippen LogP contribution in [0.5, 0.6) is 0 Å². The standard InChI is InChI=1S/C17H19NO3S/c1-12-7-8-16(13(2)9-12)18-17(19)15-6-4-5-14(10-15)11-22(3,20)21/h4-10H,11H2,1-3H3,(H,18,19). The number of hydrogen-bond donors (Lipinski definition) is 1. The smallest absolute Gasteiger partial charge is 0.255 e. The van der Waals surface area contributed by atoms with Gasteiger partial charge in [-0.15, -0.1) is 0 Å². The molecule has 0 bridgehead atoms. The molecule has 0 unspecified atom stereocenters. The molecule has 0 saturated carbocycles. The maximum Gasteiger partial charge on any atom is 0.255 e. The third-order valence-corrected chi connectivity index (χ3v) is 4.11. The number of carbonyl (C=O) groups excluding carboxylic acids is 1. The van der Waals surface area contributed by atoms with Crippen LogP contribution in [0.25, 0.3) is 0 Å². The lowest BCUT2D eigenvalue weighted by Gasteiger charge is -2.10. The molecule has 0 fully saturated rings. The molecule has 0 aromatic heterocycles. The lowest BCUT2D eigenvalue weighted by atomic mass is 10.1. The summed E-state index contributed by atoms with van der Waals surface area (Å²) >= 11 is 0. The van der Waals surface area contributed by atoms with Gasteiger partial charge in [0.15, 0.2) is 9.84 Å². The molecule has 5 heteroatoms. The van der Waals surface area contributed by atoms with E-state index in [0.29, 0.717) is 11.1 Å². The monoisotopic (exact) mass is 317 g/mol. The molecule has 0 radical (unpaired) electrons. The summed E-state index contributed by atoms with van der Waals surface area (Å²) in [6, 6.07) is 12.5. The minimum atomic E-state index is -3.12. The molecule has 0 heterocycles. The number of nitrogens with one attached hydrogen (secondary N) is 1. The van der Waals surface area contributed by atoms with E-state index < -0.39 is 9.84 Å². The molecule has 0 aliphatic heterocycles. The van der Waals surface area contributed by atoms with Crippen molar-refractivity contribution in [1.29, 1.82) is 0 Å². The first-order chi connectivity index (χ1) is 10.2. The van der Waals surface area contributed by atoms with Crippen molar-refractivity contribution in [3.8, 4) is 0 Å². The Bertz CT molecular complexity index is 810. The predicted octanol–water partition coefficient (Wildman–Crippen LogP) is 3.10. The molecule has 2 aromatic carbocycles. The first kappa shape index (κ1) is 16.2. The maximum atomic E-state index is 12.3. The molecule has 2 aromatic rings. The van der Waals surface area contributed by atoms with E-state index >= 15 is 0 Å². The molecule has 22 heavy (non-hydrogen) atoms. The van der Waals surface area contributed by atoms with Gasteiger partial charge >= 0.3 is 0 Å². The number of anilines is 1. The summed E-state index contributed by atoms with van der Waals surface area (Å²) in [5, 5.41) is 2.86. The van der Waals surface area contributed by atoms with Crippen molar-refractivity contribution in [3.05, 3.63) is 64.7 Å². The Hall–Kier alpha value is -2.14. The second-order valence-electron chi connectivity index (χ2n) is 5.54. The van der Waals surface area contributed by atoms with Crippen LogP contribution in [0, 0.1) is 13.8 Å². The van der Waals surface area contributed by atoms with Crippen molar-refractivity contribution in [1.82, 2.24) is 0 Å².